The van der Waals surface area contributed by atoms with E-state index in [2.05, 4.69) is 18.7 Å². The van der Waals surface area contributed by atoms with Gasteiger partial charge < -0.3 is 9.47 Å². The molecule has 0 radical (unpaired) electrons. The van der Waals surface area contributed by atoms with Crippen LogP contribution in [0.15, 0.2) is 0 Å². The Morgan fingerprint density at radius 1 is 1.23 bits per heavy atom. The molecule has 0 aromatic carbocycles. The SMILES string of the molecule is CC1CN(CCC2OCCO2)C1C. The van der Waals surface area contributed by atoms with Gasteiger partial charge in [-0.05, 0) is 12.8 Å². The lowest BCUT2D eigenvalue weighted by atomic mass is 9.92. The van der Waals surface area contributed by atoms with E-state index in [1.165, 1.54) is 6.54 Å². The Balaban J connectivity index is 1.63. The number of rotatable bonds is 3. The van der Waals surface area contributed by atoms with E-state index in [-0.39, 0.29) is 6.29 Å². The van der Waals surface area contributed by atoms with Crippen molar-refractivity contribution in [1.82, 2.24) is 4.90 Å². The zero-order valence-corrected chi connectivity index (χ0v) is 8.53. The molecule has 0 spiro atoms. The Labute approximate surface area is 80.0 Å². The molecule has 0 aliphatic carbocycles. The summed E-state index contributed by atoms with van der Waals surface area (Å²) < 4.78 is 10.8. The minimum atomic E-state index is 0.0723. The second-order valence-electron chi connectivity index (χ2n) is 4.17. The number of hydrogen-bond acceptors (Lipinski definition) is 3. The molecule has 0 aromatic rings. The second kappa shape index (κ2) is 3.95. The third-order valence-electron chi connectivity index (χ3n) is 3.26. The predicted octanol–water partition coefficient (Wildman–Crippen LogP) is 1.09. The molecule has 2 heterocycles. The second-order valence-corrected chi connectivity index (χ2v) is 4.17. The minimum Gasteiger partial charge on any atom is -0.350 e. The molecule has 2 atom stereocenters. The van der Waals surface area contributed by atoms with Crippen LogP contribution in [0.25, 0.3) is 0 Å². The average molecular weight is 185 g/mol. The van der Waals surface area contributed by atoms with E-state index in [0.29, 0.717) is 0 Å². The van der Waals surface area contributed by atoms with Crippen molar-refractivity contribution in [3.63, 3.8) is 0 Å². The van der Waals surface area contributed by atoms with Crippen molar-refractivity contribution in [3.05, 3.63) is 0 Å². The summed E-state index contributed by atoms with van der Waals surface area (Å²) in [5.41, 5.74) is 0. The first kappa shape index (κ1) is 9.44. The van der Waals surface area contributed by atoms with Crippen molar-refractivity contribution in [2.75, 3.05) is 26.3 Å². The van der Waals surface area contributed by atoms with E-state index in [0.717, 1.165) is 38.1 Å². The molecule has 2 unspecified atom stereocenters. The van der Waals surface area contributed by atoms with E-state index >= 15 is 0 Å². The molecule has 13 heavy (non-hydrogen) atoms. The van der Waals surface area contributed by atoms with Gasteiger partial charge in [0, 0.05) is 25.6 Å². The fourth-order valence-electron chi connectivity index (χ4n) is 2.05. The van der Waals surface area contributed by atoms with Crippen LogP contribution in [0.4, 0.5) is 0 Å². The molecule has 2 aliphatic heterocycles. The Morgan fingerprint density at radius 3 is 2.46 bits per heavy atom. The highest BCUT2D eigenvalue weighted by Crippen LogP contribution is 2.24. The third-order valence-corrected chi connectivity index (χ3v) is 3.26. The van der Waals surface area contributed by atoms with Crippen LogP contribution in [0.3, 0.4) is 0 Å². The Kier molecular flexibility index (Phi) is 2.86. The van der Waals surface area contributed by atoms with Gasteiger partial charge in [0.1, 0.15) is 0 Å². The molecule has 0 N–H and O–H groups in total. The quantitative estimate of drug-likeness (QED) is 0.657. The van der Waals surface area contributed by atoms with Gasteiger partial charge in [0.05, 0.1) is 13.2 Å². The smallest absolute Gasteiger partial charge is 0.159 e. The van der Waals surface area contributed by atoms with Crippen LogP contribution in [0.1, 0.15) is 20.3 Å². The lowest BCUT2D eigenvalue weighted by molar-refractivity contribution is -0.0640. The van der Waals surface area contributed by atoms with Crippen LogP contribution >= 0.6 is 0 Å². The van der Waals surface area contributed by atoms with Gasteiger partial charge in [-0.15, -0.1) is 0 Å². The summed E-state index contributed by atoms with van der Waals surface area (Å²) in [5, 5.41) is 0. The molecule has 0 saturated carbocycles. The molecule has 2 rings (SSSR count). The highest BCUT2D eigenvalue weighted by molar-refractivity contribution is 4.85. The molecule has 3 heteroatoms. The molecule has 0 aromatic heterocycles. The van der Waals surface area contributed by atoms with E-state index < -0.39 is 0 Å². The highest BCUT2D eigenvalue weighted by Gasteiger charge is 2.31. The summed E-state index contributed by atoms with van der Waals surface area (Å²) in [5.74, 6) is 0.866. The maximum absolute atomic E-state index is 5.39. The van der Waals surface area contributed by atoms with Crippen molar-refractivity contribution in [2.24, 2.45) is 5.92 Å². The molecular formula is C10H19NO2. The van der Waals surface area contributed by atoms with Gasteiger partial charge in [0.15, 0.2) is 6.29 Å². The van der Waals surface area contributed by atoms with E-state index in [9.17, 15) is 0 Å². The lowest BCUT2D eigenvalue weighted by Gasteiger charge is -2.45. The van der Waals surface area contributed by atoms with Crippen LogP contribution in [-0.4, -0.2) is 43.5 Å². The molecule has 2 fully saturated rings. The van der Waals surface area contributed by atoms with E-state index in [1.807, 2.05) is 0 Å². The average Bonchev–Trinajstić information content (AvgIpc) is 2.64. The summed E-state index contributed by atoms with van der Waals surface area (Å²) in [6.45, 7) is 8.52. The maximum Gasteiger partial charge on any atom is 0.159 e. The first-order chi connectivity index (χ1) is 6.27. The summed E-state index contributed by atoms with van der Waals surface area (Å²) in [4.78, 5) is 2.50. The summed E-state index contributed by atoms with van der Waals surface area (Å²) in [6.07, 6.45) is 1.10. The Bertz CT molecular complexity index is 168. The molecule has 76 valence electrons. The highest BCUT2D eigenvalue weighted by atomic mass is 16.7. The normalized spacial score (nSPS) is 36.5. The number of nitrogens with zero attached hydrogens (tertiary/aromatic N) is 1. The maximum atomic E-state index is 5.39. The van der Waals surface area contributed by atoms with Gasteiger partial charge in [0.2, 0.25) is 0 Å². The number of ether oxygens (including phenoxy) is 2. The third kappa shape index (κ3) is 2.03. The number of likely N-dealkylation sites (tertiary alicyclic amines) is 1. The largest absolute Gasteiger partial charge is 0.350 e. The lowest BCUT2D eigenvalue weighted by Crippen LogP contribution is -2.53. The van der Waals surface area contributed by atoms with Gasteiger partial charge in [-0.3, -0.25) is 4.90 Å². The van der Waals surface area contributed by atoms with Crippen molar-refractivity contribution >= 4 is 0 Å². The predicted molar refractivity (Wildman–Crippen MR) is 50.5 cm³/mol. The van der Waals surface area contributed by atoms with Gasteiger partial charge in [0.25, 0.3) is 0 Å². The van der Waals surface area contributed by atoms with Gasteiger partial charge in [-0.25, -0.2) is 0 Å². The van der Waals surface area contributed by atoms with Crippen LogP contribution < -0.4 is 0 Å². The molecule has 2 aliphatic rings. The summed E-state index contributed by atoms with van der Waals surface area (Å²) in [6, 6.07) is 0.751. The van der Waals surface area contributed by atoms with Crippen LogP contribution in [0.5, 0.6) is 0 Å². The molecule has 3 nitrogen and oxygen atoms in total. The first-order valence-corrected chi connectivity index (χ1v) is 5.24. The van der Waals surface area contributed by atoms with Crippen LogP contribution in [-0.2, 0) is 9.47 Å². The summed E-state index contributed by atoms with van der Waals surface area (Å²) in [7, 11) is 0. The van der Waals surface area contributed by atoms with Crippen LogP contribution in [0, 0.1) is 5.92 Å². The van der Waals surface area contributed by atoms with Crippen LogP contribution in [0.2, 0.25) is 0 Å². The zero-order chi connectivity index (χ0) is 9.26. The Morgan fingerprint density at radius 2 is 1.92 bits per heavy atom. The van der Waals surface area contributed by atoms with Crippen molar-refractivity contribution in [1.29, 1.82) is 0 Å². The van der Waals surface area contributed by atoms with Gasteiger partial charge in [-0.1, -0.05) is 6.92 Å². The van der Waals surface area contributed by atoms with Crippen molar-refractivity contribution in [3.8, 4) is 0 Å². The topological polar surface area (TPSA) is 21.7 Å². The van der Waals surface area contributed by atoms with Gasteiger partial charge in [-0.2, -0.15) is 0 Å². The molecule has 0 amide bonds. The van der Waals surface area contributed by atoms with Gasteiger partial charge >= 0.3 is 0 Å². The standard InChI is InChI=1S/C10H19NO2/c1-8-7-11(9(8)2)4-3-10-12-5-6-13-10/h8-10H,3-7H2,1-2H3. The molecular weight excluding hydrogens is 166 g/mol. The fraction of sp³-hybridized carbons (Fsp3) is 1.00. The van der Waals surface area contributed by atoms with E-state index in [1.54, 1.807) is 0 Å². The fourth-order valence-corrected chi connectivity index (χ4v) is 2.05. The first-order valence-electron chi connectivity index (χ1n) is 5.24. The Hall–Kier alpha value is -0.120. The summed E-state index contributed by atoms with van der Waals surface area (Å²) >= 11 is 0. The monoisotopic (exact) mass is 185 g/mol. The zero-order valence-electron chi connectivity index (χ0n) is 8.53. The molecule has 2 saturated heterocycles. The number of hydrogen-bond donors (Lipinski definition) is 0. The van der Waals surface area contributed by atoms with Crippen molar-refractivity contribution < 1.29 is 9.47 Å². The van der Waals surface area contributed by atoms with E-state index in [4.69, 9.17) is 9.47 Å². The molecule has 0 bridgehead atoms. The van der Waals surface area contributed by atoms with Crippen molar-refractivity contribution in [2.45, 2.75) is 32.6 Å². The minimum absolute atomic E-state index is 0.0723.